The SMILES string of the molecule is C1=CC23CC[C@H]1C[C@@]21CCN[C@@H]3Cc2ccccc21. The summed E-state index contributed by atoms with van der Waals surface area (Å²) in [4.78, 5) is 0. The van der Waals surface area contributed by atoms with Crippen LogP contribution < -0.4 is 5.32 Å². The van der Waals surface area contributed by atoms with Gasteiger partial charge in [0, 0.05) is 16.9 Å². The largest absolute Gasteiger partial charge is 0.313 e. The number of piperidine rings is 1. The molecule has 1 N–H and O–H groups in total. The highest BCUT2D eigenvalue weighted by atomic mass is 15.0. The van der Waals surface area contributed by atoms with Gasteiger partial charge in [-0.05, 0) is 55.7 Å². The van der Waals surface area contributed by atoms with Crippen molar-refractivity contribution in [3.63, 3.8) is 0 Å². The van der Waals surface area contributed by atoms with Crippen LogP contribution in [0.3, 0.4) is 0 Å². The lowest BCUT2D eigenvalue weighted by molar-refractivity contribution is -0.0143. The van der Waals surface area contributed by atoms with Gasteiger partial charge in [-0.1, -0.05) is 36.4 Å². The van der Waals surface area contributed by atoms with Crippen molar-refractivity contribution < 1.29 is 0 Å². The van der Waals surface area contributed by atoms with Crippen LogP contribution in [0.2, 0.25) is 0 Å². The Labute approximate surface area is 115 Å². The van der Waals surface area contributed by atoms with Crippen LogP contribution >= 0.6 is 0 Å². The van der Waals surface area contributed by atoms with E-state index in [1.165, 1.54) is 38.6 Å². The number of rotatable bonds is 0. The van der Waals surface area contributed by atoms with Crippen LogP contribution in [-0.2, 0) is 11.8 Å². The second kappa shape index (κ2) is 3.32. The Kier molecular flexibility index (Phi) is 1.87. The molecule has 1 spiro atoms. The molecular formula is C18H21N. The molecule has 4 atom stereocenters. The minimum Gasteiger partial charge on any atom is -0.313 e. The summed E-state index contributed by atoms with van der Waals surface area (Å²) in [6, 6.07) is 9.97. The van der Waals surface area contributed by atoms with E-state index in [0.717, 1.165) is 5.92 Å². The standard InChI is InChI=1S/C18H21N/c1-2-4-15-14(3-1)11-16-17-7-5-13(6-8-17)12-18(15,17)9-10-19-16/h1-5,7,13,16,19H,6,8-12H2/t13-,16+,17?,18+/m0/s1. The fourth-order valence-electron chi connectivity index (χ4n) is 5.85. The molecule has 5 aliphatic rings. The maximum Gasteiger partial charge on any atom is 0.0207 e. The minimum absolute atomic E-state index is 0.425. The summed E-state index contributed by atoms with van der Waals surface area (Å²) in [5.41, 5.74) is 4.19. The molecule has 0 radical (unpaired) electrons. The normalized spacial score (nSPS) is 45.7. The molecule has 6 rings (SSSR count). The van der Waals surface area contributed by atoms with Gasteiger partial charge in [-0.3, -0.25) is 0 Å². The molecular weight excluding hydrogens is 230 g/mol. The lowest BCUT2D eigenvalue weighted by Crippen LogP contribution is -2.68. The number of hydrogen-bond acceptors (Lipinski definition) is 1. The Hall–Kier alpha value is -1.08. The topological polar surface area (TPSA) is 12.0 Å². The van der Waals surface area contributed by atoms with E-state index in [4.69, 9.17) is 0 Å². The molecule has 4 aliphatic carbocycles. The van der Waals surface area contributed by atoms with Gasteiger partial charge in [-0.15, -0.1) is 0 Å². The van der Waals surface area contributed by atoms with Gasteiger partial charge in [0.2, 0.25) is 0 Å². The molecule has 1 nitrogen and oxygen atoms in total. The first-order valence-corrected chi connectivity index (χ1v) is 7.85. The van der Waals surface area contributed by atoms with Crippen LogP contribution in [0.1, 0.15) is 36.8 Å². The summed E-state index contributed by atoms with van der Waals surface area (Å²) in [5, 5.41) is 3.85. The zero-order valence-corrected chi connectivity index (χ0v) is 11.4. The number of fused-ring (bicyclic) bond motifs is 2. The van der Waals surface area contributed by atoms with Crippen molar-refractivity contribution in [2.24, 2.45) is 11.3 Å². The van der Waals surface area contributed by atoms with Crippen LogP contribution in [0.25, 0.3) is 0 Å². The molecule has 4 bridgehead atoms. The summed E-state index contributed by atoms with van der Waals surface area (Å²) >= 11 is 0. The Morgan fingerprint density at radius 1 is 1.16 bits per heavy atom. The summed E-state index contributed by atoms with van der Waals surface area (Å²) < 4.78 is 0. The molecule has 0 amide bonds. The van der Waals surface area contributed by atoms with Crippen LogP contribution in [-0.4, -0.2) is 12.6 Å². The Morgan fingerprint density at radius 3 is 3.00 bits per heavy atom. The molecule has 98 valence electrons. The lowest BCUT2D eigenvalue weighted by atomic mass is 9.41. The van der Waals surface area contributed by atoms with Crippen LogP contribution in [0.15, 0.2) is 36.4 Å². The predicted molar refractivity (Wildman–Crippen MR) is 77.1 cm³/mol. The van der Waals surface area contributed by atoms with Crippen LogP contribution in [0.4, 0.5) is 0 Å². The first-order chi connectivity index (χ1) is 9.34. The maximum absolute atomic E-state index is 3.85. The highest BCUT2D eigenvalue weighted by Gasteiger charge is 2.63. The van der Waals surface area contributed by atoms with E-state index < -0.39 is 0 Å². The van der Waals surface area contributed by atoms with E-state index in [9.17, 15) is 0 Å². The zero-order valence-electron chi connectivity index (χ0n) is 11.4. The second-order valence-corrected chi connectivity index (χ2v) is 7.10. The first kappa shape index (κ1) is 10.7. The fraction of sp³-hybridized carbons (Fsp3) is 0.556. The number of allylic oxidation sites excluding steroid dienone is 1. The van der Waals surface area contributed by atoms with Gasteiger partial charge in [0.25, 0.3) is 0 Å². The molecule has 1 heteroatoms. The van der Waals surface area contributed by atoms with E-state index in [1.807, 2.05) is 0 Å². The summed E-state index contributed by atoms with van der Waals surface area (Å²) in [6.45, 7) is 1.21. The molecule has 1 saturated heterocycles. The maximum atomic E-state index is 3.85. The number of nitrogens with one attached hydrogen (secondary N) is 1. The van der Waals surface area contributed by atoms with Crippen molar-refractivity contribution in [3.05, 3.63) is 47.5 Å². The summed E-state index contributed by atoms with van der Waals surface area (Å²) in [7, 11) is 0. The van der Waals surface area contributed by atoms with Gasteiger partial charge in [0.05, 0.1) is 0 Å². The third-order valence-corrected chi connectivity index (χ3v) is 6.62. The Bertz CT molecular complexity index is 575. The van der Waals surface area contributed by atoms with Gasteiger partial charge in [0.1, 0.15) is 0 Å². The highest BCUT2D eigenvalue weighted by molar-refractivity contribution is 5.47. The fourth-order valence-corrected chi connectivity index (χ4v) is 5.85. The molecule has 1 aromatic rings. The Morgan fingerprint density at radius 2 is 2.11 bits per heavy atom. The minimum atomic E-state index is 0.425. The summed E-state index contributed by atoms with van der Waals surface area (Å²) in [6.07, 6.45) is 11.9. The van der Waals surface area contributed by atoms with Crippen molar-refractivity contribution in [2.45, 2.75) is 43.6 Å². The van der Waals surface area contributed by atoms with Crippen LogP contribution in [0.5, 0.6) is 0 Å². The van der Waals surface area contributed by atoms with E-state index in [-0.39, 0.29) is 0 Å². The van der Waals surface area contributed by atoms with E-state index in [1.54, 1.807) is 11.1 Å². The van der Waals surface area contributed by atoms with Gasteiger partial charge in [0.15, 0.2) is 0 Å². The third kappa shape index (κ3) is 1.08. The second-order valence-electron chi connectivity index (χ2n) is 7.10. The predicted octanol–water partition coefficient (Wildman–Crippen LogP) is 3.20. The average molecular weight is 251 g/mol. The van der Waals surface area contributed by atoms with Crippen molar-refractivity contribution in [2.75, 3.05) is 6.54 Å². The first-order valence-electron chi connectivity index (χ1n) is 7.85. The van der Waals surface area contributed by atoms with Gasteiger partial charge in [-0.2, -0.15) is 0 Å². The number of hydrogen-bond donors (Lipinski definition) is 1. The van der Waals surface area contributed by atoms with E-state index in [0.29, 0.717) is 16.9 Å². The monoisotopic (exact) mass is 251 g/mol. The van der Waals surface area contributed by atoms with E-state index in [2.05, 4.69) is 41.7 Å². The van der Waals surface area contributed by atoms with E-state index >= 15 is 0 Å². The van der Waals surface area contributed by atoms with Crippen molar-refractivity contribution in [1.29, 1.82) is 0 Å². The molecule has 2 fully saturated rings. The van der Waals surface area contributed by atoms with Gasteiger partial charge < -0.3 is 5.32 Å². The smallest absolute Gasteiger partial charge is 0.0207 e. The molecule has 0 aromatic heterocycles. The zero-order chi connectivity index (χ0) is 12.5. The van der Waals surface area contributed by atoms with Crippen molar-refractivity contribution >= 4 is 0 Å². The lowest BCUT2D eigenvalue weighted by Gasteiger charge is -2.66. The highest BCUT2D eigenvalue weighted by Crippen LogP contribution is 2.65. The van der Waals surface area contributed by atoms with Crippen LogP contribution in [0, 0.1) is 11.3 Å². The summed E-state index contributed by atoms with van der Waals surface area (Å²) in [5.74, 6) is 0.840. The van der Waals surface area contributed by atoms with Crippen molar-refractivity contribution in [3.8, 4) is 0 Å². The Balaban J connectivity index is 1.83. The van der Waals surface area contributed by atoms with Gasteiger partial charge in [-0.25, -0.2) is 0 Å². The van der Waals surface area contributed by atoms with Gasteiger partial charge >= 0.3 is 0 Å². The molecule has 1 heterocycles. The molecule has 19 heavy (non-hydrogen) atoms. The molecule has 1 saturated carbocycles. The number of benzene rings is 1. The average Bonchev–Trinajstić information content (AvgIpc) is 2.47. The molecule has 1 unspecified atom stereocenters. The molecule has 1 aromatic carbocycles. The molecule has 1 aliphatic heterocycles. The quantitative estimate of drug-likeness (QED) is 0.698. The van der Waals surface area contributed by atoms with Crippen molar-refractivity contribution in [1.82, 2.24) is 5.32 Å². The third-order valence-electron chi connectivity index (χ3n) is 6.62.